The summed E-state index contributed by atoms with van der Waals surface area (Å²) in [4.78, 5) is 54.7. The number of ether oxygens (including phenoxy) is 1. The Hall–Kier alpha value is -3.21. The van der Waals surface area contributed by atoms with Crippen LogP contribution in [-0.2, 0) is 36.6 Å². The van der Waals surface area contributed by atoms with E-state index >= 15 is 0 Å². The molecule has 0 aromatic carbocycles. The monoisotopic (exact) mass is 461 g/mol. The van der Waals surface area contributed by atoms with E-state index in [0.29, 0.717) is 41.1 Å². The van der Waals surface area contributed by atoms with E-state index in [1.54, 1.807) is 18.5 Å². The smallest absolute Gasteiger partial charge is 0.341 e. The van der Waals surface area contributed by atoms with E-state index in [-0.39, 0.29) is 18.9 Å². The van der Waals surface area contributed by atoms with Crippen molar-refractivity contribution in [2.45, 2.75) is 46.6 Å². The lowest BCUT2D eigenvalue weighted by Gasteiger charge is -2.09. The molecular formula is C21H27N5O5S. The summed E-state index contributed by atoms with van der Waals surface area (Å²) in [6, 6.07) is 0. The quantitative estimate of drug-likeness (QED) is 0.513. The van der Waals surface area contributed by atoms with Crippen molar-refractivity contribution in [2.75, 3.05) is 11.9 Å². The lowest BCUT2D eigenvalue weighted by molar-refractivity contribution is -0.116. The van der Waals surface area contributed by atoms with E-state index in [4.69, 9.17) is 4.74 Å². The largest absolute Gasteiger partial charge is 0.462 e. The third-order valence-corrected chi connectivity index (χ3v) is 6.38. The van der Waals surface area contributed by atoms with Crippen LogP contribution in [0.25, 0.3) is 11.2 Å². The van der Waals surface area contributed by atoms with Gasteiger partial charge in [-0.2, -0.15) is 0 Å². The molecule has 0 aliphatic rings. The lowest BCUT2D eigenvalue weighted by atomic mass is 10.1. The van der Waals surface area contributed by atoms with Crippen LogP contribution in [0.15, 0.2) is 15.9 Å². The van der Waals surface area contributed by atoms with Crippen LogP contribution in [0.4, 0.5) is 5.00 Å². The molecule has 10 nitrogen and oxygen atoms in total. The molecule has 0 atom stereocenters. The zero-order chi connectivity index (χ0) is 23.6. The average Bonchev–Trinajstić information content (AvgIpc) is 3.31. The maximum atomic E-state index is 12.6. The highest BCUT2D eigenvalue weighted by Gasteiger charge is 2.23. The standard InChI is InChI=1S/C21H27N5O5S/c1-6-13-12(3)32-18(15(13)20(29)31-7-2)23-14(27)9-8-10-26-11-22-17-16(26)19(28)25(5)21(30)24(17)4/h11H,6-10H2,1-5H3,(H,23,27). The van der Waals surface area contributed by atoms with Gasteiger partial charge in [-0.25, -0.2) is 14.6 Å². The predicted molar refractivity (Wildman–Crippen MR) is 122 cm³/mol. The van der Waals surface area contributed by atoms with E-state index in [1.807, 2.05) is 13.8 Å². The van der Waals surface area contributed by atoms with E-state index in [9.17, 15) is 19.2 Å². The van der Waals surface area contributed by atoms with Crippen LogP contribution >= 0.6 is 11.3 Å². The molecule has 1 amide bonds. The van der Waals surface area contributed by atoms with Gasteiger partial charge < -0.3 is 14.6 Å². The minimum absolute atomic E-state index is 0.187. The molecule has 3 rings (SSSR count). The van der Waals surface area contributed by atoms with Crippen LogP contribution in [0.2, 0.25) is 0 Å². The van der Waals surface area contributed by atoms with Crippen molar-refractivity contribution in [3.05, 3.63) is 43.2 Å². The molecule has 0 fully saturated rings. The second-order valence-corrected chi connectivity index (χ2v) is 8.61. The third kappa shape index (κ3) is 4.24. The Morgan fingerprint density at radius 3 is 2.56 bits per heavy atom. The molecule has 0 radical (unpaired) electrons. The molecule has 32 heavy (non-hydrogen) atoms. The number of esters is 1. The Balaban J connectivity index is 1.73. The molecule has 0 aliphatic heterocycles. The van der Waals surface area contributed by atoms with Gasteiger partial charge in [0.25, 0.3) is 5.56 Å². The van der Waals surface area contributed by atoms with E-state index in [1.165, 1.54) is 29.3 Å². The SMILES string of the molecule is CCOC(=O)c1c(NC(=O)CCCn2cnc3c2c(=O)n(C)c(=O)n3C)sc(C)c1CC. The molecule has 0 spiro atoms. The highest BCUT2D eigenvalue weighted by molar-refractivity contribution is 7.16. The topological polar surface area (TPSA) is 117 Å². The summed E-state index contributed by atoms with van der Waals surface area (Å²) in [5, 5.41) is 3.34. The van der Waals surface area contributed by atoms with Gasteiger partial charge >= 0.3 is 11.7 Å². The molecule has 0 unspecified atom stereocenters. The summed E-state index contributed by atoms with van der Waals surface area (Å²) in [7, 11) is 2.98. The number of hydrogen-bond donors (Lipinski definition) is 1. The fraction of sp³-hybridized carbons (Fsp3) is 0.476. The van der Waals surface area contributed by atoms with Gasteiger partial charge in [0, 0.05) is 31.9 Å². The van der Waals surface area contributed by atoms with Gasteiger partial charge in [0.1, 0.15) is 5.00 Å². The third-order valence-electron chi connectivity index (χ3n) is 5.32. The average molecular weight is 462 g/mol. The first-order valence-electron chi connectivity index (χ1n) is 10.4. The molecule has 0 aliphatic carbocycles. The Kier molecular flexibility index (Phi) is 6.97. The predicted octanol–water partition coefficient (Wildman–Crippen LogP) is 1.96. The molecule has 11 heteroatoms. The number of nitrogens with one attached hydrogen (secondary N) is 1. The van der Waals surface area contributed by atoms with Crippen LogP contribution in [0.5, 0.6) is 0 Å². The first kappa shape index (κ1) is 23.5. The van der Waals surface area contributed by atoms with Crippen molar-refractivity contribution in [1.82, 2.24) is 18.7 Å². The van der Waals surface area contributed by atoms with Crippen molar-refractivity contribution in [3.63, 3.8) is 0 Å². The zero-order valence-corrected chi connectivity index (χ0v) is 19.7. The van der Waals surface area contributed by atoms with Crippen LogP contribution < -0.4 is 16.6 Å². The van der Waals surface area contributed by atoms with Crippen molar-refractivity contribution < 1.29 is 14.3 Å². The van der Waals surface area contributed by atoms with Crippen molar-refractivity contribution in [1.29, 1.82) is 0 Å². The highest BCUT2D eigenvalue weighted by Crippen LogP contribution is 2.34. The molecule has 1 N–H and O–H groups in total. The number of hydrogen-bond acceptors (Lipinski definition) is 7. The summed E-state index contributed by atoms with van der Waals surface area (Å²) in [6.07, 6.45) is 2.80. The first-order valence-corrected chi connectivity index (χ1v) is 11.2. The first-order chi connectivity index (χ1) is 15.2. The lowest BCUT2D eigenvalue weighted by Crippen LogP contribution is -2.37. The van der Waals surface area contributed by atoms with Crippen LogP contribution in [0.1, 0.15) is 47.5 Å². The minimum atomic E-state index is -0.442. The molecule has 3 aromatic rings. The summed E-state index contributed by atoms with van der Waals surface area (Å²) in [5.41, 5.74) is 1.07. The van der Waals surface area contributed by atoms with Crippen LogP contribution in [0, 0.1) is 6.92 Å². The van der Waals surface area contributed by atoms with Gasteiger partial charge in [0.15, 0.2) is 11.2 Å². The maximum absolute atomic E-state index is 12.6. The number of nitrogens with zero attached hydrogens (tertiary/aromatic N) is 4. The fourth-order valence-electron chi connectivity index (χ4n) is 3.68. The summed E-state index contributed by atoms with van der Waals surface area (Å²) >= 11 is 1.36. The van der Waals surface area contributed by atoms with Crippen LogP contribution in [0.3, 0.4) is 0 Å². The molecule has 3 heterocycles. The molecule has 0 bridgehead atoms. The van der Waals surface area contributed by atoms with Gasteiger partial charge in [-0.15, -0.1) is 11.3 Å². The molecule has 0 saturated carbocycles. The number of imidazole rings is 1. The maximum Gasteiger partial charge on any atom is 0.341 e. The van der Waals surface area contributed by atoms with E-state index in [0.717, 1.165) is 15.0 Å². The van der Waals surface area contributed by atoms with E-state index < -0.39 is 17.2 Å². The summed E-state index contributed by atoms with van der Waals surface area (Å²) < 4.78 is 9.17. The Labute approximate surface area is 188 Å². The van der Waals surface area contributed by atoms with Gasteiger partial charge in [0.05, 0.1) is 18.5 Å². The molecular weight excluding hydrogens is 434 g/mol. The van der Waals surface area contributed by atoms with Crippen molar-refractivity contribution in [3.8, 4) is 0 Å². The summed E-state index contributed by atoms with van der Waals surface area (Å²) in [5.74, 6) is -0.667. The van der Waals surface area contributed by atoms with Gasteiger partial charge in [-0.1, -0.05) is 6.92 Å². The van der Waals surface area contributed by atoms with Gasteiger partial charge in [-0.05, 0) is 32.3 Å². The number of carbonyl (C=O) groups is 2. The van der Waals surface area contributed by atoms with Gasteiger partial charge in [0.2, 0.25) is 5.91 Å². The highest BCUT2D eigenvalue weighted by atomic mass is 32.1. The van der Waals surface area contributed by atoms with Crippen molar-refractivity contribution in [2.24, 2.45) is 14.1 Å². The minimum Gasteiger partial charge on any atom is -0.462 e. The zero-order valence-electron chi connectivity index (χ0n) is 18.9. The van der Waals surface area contributed by atoms with Gasteiger partial charge in [-0.3, -0.25) is 18.7 Å². The normalized spacial score (nSPS) is 11.2. The van der Waals surface area contributed by atoms with Crippen LogP contribution in [-0.4, -0.2) is 37.2 Å². The number of thiophene rings is 1. The second kappa shape index (κ2) is 9.51. The number of anilines is 1. The summed E-state index contributed by atoms with van der Waals surface area (Å²) in [6.45, 7) is 6.25. The number of amides is 1. The molecule has 3 aromatic heterocycles. The number of aromatic nitrogens is 4. The van der Waals surface area contributed by atoms with E-state index in [2.05, 4.69) is 10.3 Å². The number of rotatable bonds is 8. The second-order valence-electron chi connectivity index (χ2n) is 7.38. The Bertz CT molecular complexity index is 1300. The fourth-order valence-corrected chi connectivity index (χ4v) is 4.83. The number of fused-ring (bicyclic) bond motifs is 1. The molecule has 0 saturated heterocycles. The molecule has 172 valence electrons. The Morgan fingerprint density at radius 1 is 1.19 bits per heavy atom. The number of aryl methyl sites for hydroxylation is 3. The van der Waals surface area contributed by atoms with Crippen molar-refractivity contribution >= 4 is 39.4 Å². The Morgan fingerprint density at radius 2 is 1.91 bits per heavy atom. The number of carbonyl (C=O) groups excluding carboxylic acids is 2.